The molecule has 2 unspecified atom stereocenters. The number of esters is 2. The van der Waals surface area contributed by atoms with Crippen LogP contribution in [0.4, 0.5) is 0 Å². The van der Waals surface area contributed by atoms with E-state index in [0.717, 1.165) is 106 Å². The third-order valence-electron chi connectivity index (χ3n) is 9.85. The Hall–Kier alpha value is -4.73. The summed E-state index contributed by atoms with van der Waals surface area (Å²) in [7, 11) is 0. The first-order chi connectivity index (χ1) is 27.8. The maximum Gasteiger partial charge on any atom is 0.343 e. The lowest BCUT2D eigenvalue weighted by Crippen LogP contribution is -2.17. The second-order valence-corrected chi connectivity index (χ2v) is 14.5. The van der Waals surface area contributed by atoms with Crippen molar-refractivity contribution in [3.63, 3.8) is 0 Å². The lowest BCUT2D eigenvalue weighted by atomic mass is 10.0. The van der Waals surface area contributed by atoms with Gasteiger partial charge in [-0.15, -0.1) is 0 Å². The van der Waals surface area contributed by atoms with E-state index < -0.39 is 18.2 Å². The van der Waals surface area contributed by atoms with E-state index in [1.165, 1.54) is 31.4 Å². The zero-order valence-electron chi connectivity index (χ0n) is 33.8. The maximum absolute atomic E-state index is 12.8. The fraction of sp³-hybridized carbons (Fsp3) is 0.479. The molecule has 0 radical (unpaired) electrons. The summed E-state index contributed by atoms with van der Waals surface area (Å²) in [4.78, 5) is 35.1. The molecule has 2 N–H and O–H groups in total. The number of aliphatic hydroxyl groups excluding tert-OH is 2. The minimum atomic E-state index is -0.896. The second kappa shape index (κ2) is 28.6. The topological polar surface area (TPSA) is 129 Å². The van der Waals surface area contributed by atoms with E-state index in [9.17, 15) is 24.6 Å². The molecule has 3 rings (SSSR count). The van der Waals surface area contributed by atoms with E-state index in [1.807, 2.05) is 36.4 Å². The monoisotopic (exact) mass is 784 g/mol. The summed E-state index contributed by atoms with van der Waals surface area (Å²) in [5.74, 6) is 0.875. The second-order valence-electron chi connectivity index (χ2n) is 14.5. The van der Waals surface area contributed by atoms with Crippen LogP contribution in [-0.4, -0.2) is 47.3 Å². The molecule has 0 aliphatic rings. The summed E-state index contributed by atoms with van der Waals surface area (Å²) in [5, 5.41) is 20.3. The average molecular weight is 785 g/mol. The number of rotatable bonds is 32. The van der Waals surface area contributed by atoms with Gasteiger partial charge in [-0.25, -0.2) is 9.59 Å². The van der Waals surface area contributed by atoms with Crippen molar-refractivity contribution < 1.29 is 43.5 Å². The van der Waals surface area contributed by atoms with Crippen molar-refractivity contribution in [1.29, 1.82) is 0 Å². The summed E-state index contributed by atoms with van der Waals surface area (Å²) in [6.45, 7) is 8.29. The minimum absolute atomic E-state index is 0.289. The van der Waals surface area contributed by atoms with E-state index in [2.05, 4.69) is 13.2 Å². The number of hydrogen-bond acceptors (Lipinski definition) is 9. The molecule has 0 aliphatic carbocycles. The van der Waals surface area contributed by atoms with E-state index in [1.54, 1.807) is 36.4 Å². The Labute approximate surface area is 340 Å². The number of aliphatic hydroxyl groups is 2. The Morgan fingerprint density at radius 3 is 1.60 bits per heavy atom. The van der Waals surface area contributed by atoms with Crippen molar-refractivity contribution >= 4 is 17.7 Å². The van der Waals surface area contributed by atoms with E-state index in [0.29, 0.717) is 44.0 Å². The van der Waals surface area contributed by atoms with Gasteiger partial charge in [0.05, 0.1) is 24.9 Å². The van der Waals surface area contributed by atoms with Crippen LogP contribution in [0.5, 0.6) is 17.2 Å². The van der Waals surface area contributed by atoms with Crippen LogP contribution in [0.1, 0.15) is 143 Å². The molecule has 9 heteroatoms. The van der Waals surface area contributed by atoms with E-state index in [-0.39, 0.29) is 11.8 Å². The molecule has 310 valence electrons. The SMILES string of the molecule is C=CC(=O)OCCCCCCCCCCC(O)c1ccc(C(=O)Oc2ccc(COc3ccc(OCCCCCCCCCCC(O)C(=O)C=C)cc3)cc2)cc1. The van der Waals surface area contributed by atoms with Gasteiger partial charge >= 0.3 is 11.9 Å². The van der Waals surface area contributed by atoms with Gasteiger partial charge in [0.15, 0.2) is 5.78 Å². The molecule has 3 aromatic rings. The third-order valence-corrected chi connectivity index (χ3v) is 9.85. The zero-order valence-corrected chi connectivity index (χ0v) is 33.8. The Kier molecular flexibility index (Phi) is 23.4. The van der Waals surface area contributed by atoms with Crippen molar-refractivity contribution in [2.45, 2.75) is 134 Å². The molecular weight excluding hydrogens is 721 g/mol. The van der Waals surface area contributed by atoms with Crippen LogP contribution >= 0.6 is 0 Å². The van der Waals surface area contributed by atoms with Crippen LogP contribution in [-0.2, 0) is 20.9 Å². The summed E-state index contributed by atoms with van der Waals surface area (Å²) in [6.07, 6.45) is 19.3. The molecule has 0 aliphatic heterocycles. The van der Waals surface area contributed by atoms with Gasteiger partial charge in [0.2, 0.25) is 0 Å². The largest absolute Gasteiger partial charge is 0.494 e. The van der Waals surface area contributed by atoms with Gasteiger partial charge in [-0.1, -0.05) is 127 Å². The highest BCUT2D eigenvalue weighted by Crippen LogP contribution is 2.23. The Morgan fingerprint density at radius 1 is 0.544 bits per heavy atom. The highest BCUT2D eigenvalue weighted by atomic mass is 16.5. The third kappa shape index (κ3) is 20.3. The van der Waals surface area contributed by atoms with Gasteiger partial charge in [0.1, 0.15) is 30.0 Å². The molecule has 2 atom stereocenters. The number of carbonyl (C=O) groups is 3. The molecule has 0 fully saturated rings. The highest BCUT2D eigenvalue weighted by Gasteiger charge is 2.13. The van der Waals surface area contributed by atoms with Crippen molar-refractivity contribution in [2.24, 2.45) is 0 Å². The summed E-state index contributed by atoms with van der Waals surface area (Å²) < 4.78 is 22.4. The smallest absolute Gasteiger partial charge is 0.343 e. The predicted molar refractivity (Wildman–Crippen MR) is 225 cm³/mol. The number of carbonyl (C=O) groups excluding carboxylic acids is 3. The van der Waals surface area contributed by atoms with Gasteiger partial charge in [0.25, 0.3) is 0 Å². The van der Waals surface area contributed by atoms with Crippen LogP contribution in [0.15, 0.2) is 98.1 Å². The average Bonchev–Trinajstić information content (AvgIpc) is 3.24. The van der Waals surface area contributed by atoms with Gasteiger partial charge in [-0.05, 0) is 91.4 Å². The van der Waals surface area contributed by atoms with E-state index in [4.69, 9.17) is 18.9 Å². The lowest BCUT2D eigenvalue weighted by molar-refractivity contribution is -0.137. The maximum atomic E-state index is 12.8. The minimum Gasteiger partial charge on any atom is -0.494 e. The molecule has 0 spiro atoms. The number of hydrogen-bond donors (Lipinski definition) is 2. The first-order valence-corrected chi connectivity index (χ1v) is 20.9. The predicted octanol–water partition coefficient (Wildman–Crippen LogP) is 10.8. The molecule has 0 heterocycles. The molecule has 0 saturated heterocycles. The molecule has 0 aromatic heterocycles. The first-order valence-electron chi connectivity index (χ1n) is 20.9. The fourth-order valence-electron chi connectivity index (χ4n) is 6.33. The highest BCUT2D eigenvalue weighted by molar-refractivity contribution is 5.92. The molecule has 3 aromatic carbocycles. The fourth-order valence-corrected chi connectivity index (χ4v) is 6.33. The van der Waals surface area contributed by atoms with Crippen molar-refractivity contribution in [3.8, 4) is 17.2 Å². The number of unbranched alkanes of at least 4 members (excludes halogenated alkanes) is 14. The van der Waals surface area contributed by atoms with Gasteiger partial charge in [0, 0.05) is 6.08 Å². The molecule has 9 nitrogen and oxygen atoms in total. The van der Waals surface area contributed by atoms with Crippen LogP contribution in [0, 0.1) is 0 Å². The number of ether oxygens (including phenoxy) is 4. The van der Waals surface area contributed by atoms with Crippen LogP contribution < -0.4 is 14.2 Å². The quantitative estimate of drug-likeness (QED) is 0.0275. The molecule has 0 bridgehead atoms. The molecule has 0 amide bonds. The van der Waals surface area contributed by atoms with Crippen molar-refractivity contribution in [1.82, 2.24) is 0 Å². The number of benzene rings is 3. The summed E-state index contributed by atoms with van der Waals surface area (Å²) >= 11 is 0. The van der Waals surface area contributed by atoms with Crippen LogP contribution in [0.3, 0.4) is 0 Å². The Balaban J connectivity index is 1.22. The first kappa shape index (κ1) is 46.7. The molecule has 57 heavy (non-hydrogen) atoms. The van der Waals surface area contributed by atoms with E-state index >= 15 is 0 Å². The summed E-state index contributed by atoms with van der Waals surface area (Å²) in [5.41, 5.74) is 2.14. The summed E-state index contributed by atoms with van der Waals surface area (Å²) in [6, 6.07) is 21.8. The molecular formula is C48H64O9. The Bertz CT molecular complexity index is 1580. The standard InChI is InChI=1S/C48H64O9/c1-3-44(49)46(51)22-18-14-10-6-7-11-15-19-35-54-41-31-33-42(34-32-41)56-37-38-23-29-43(30-24-38)57-48(53)40-27-25-39(26-28-40)45(50)21-17-13-9-5-8-12-16-20-36-55-47(52)4-2/h3-4,23-34,45-46,50-51H,1-2,5-22,35-37H2. The normalized spacial score (nSPS) is 12.0. The van der Waals surface area contributed by atoms with Gasteiger partial charge in [-0.3, -0.25) is 4.79 Å². The number of ketones is 1. The molecule has 0 saturated carbocycles. The Morgan fingerprint density at radius 2 is 1.04 bits per heavy atom. The van der Waals surface area contributed by atoms with Gasteiger partial charge in [-0.2, -0.15) is 0 Å². The zero-order chi connectivity index (χ0) is 40.9. The van der Waals surface area contributed by atoms with Crippen molar-refractivity contribution in [3.05, 3.63) is 115 Å². The van der Waals surface area contributed by atoms with Crippen molar-refractivity contribution in [2.75, 3.05) is 13.2 Å². The van der Waals surface area contributed by atoms with Crippen LogP contribution in [0.2, 0.25) is 0 Å². The lowest BCUT2D eigenvalue weighted by Gasteiger charge is -2.12. The van der Waals surface area contributed by atoms with Gasteiger partial charge < -0.3 is 29.2 Å². The van der Waals surface area contributed by atoms with Crippen LogP contribution in [0.25, 0.3) is 0 Å².